The predicted molar refractivity (Wildman–Crippen MR) is 70.9 cm³/mol. The molecule has 2 nitrogen and oxygen atoms in total. The molecule has 0 radical (unpaired) electrons. The van der Waals surface area contributed by atoms with E-state index in [-0.39, 0.29) is 0 Å². The fourth-order valence-electron chi connectivity index (χ4n) is 2.63. The van der Waals surface area contributed by atoms with Gasteiger partial charge in [-0.05, 0) is 54.0 Å². The minimum absolute atomic E-state index is 0.359. The molecule has 0 N–H and O–H groups in total. The first kappa shape index (κ1) is 12.4. The quantitative estimate of drug-likeness (QED) is 0.762. The Hall–Kier alpha value is -0.0200. The Kier molecular flexibility index (Phi) is 3.65. The summed E-state index contributed by atoms with van der Waals surface area (Å²) in [6, 6.07) is 0. The van der Waals surface area contributed by atoms with E-state index in [1.807, 2.05) is 18.7 Å². The van der Waals surface area contributed by atoms with Crippen LogP contribution in [-0.2, 0) is 13.5 Å². The van der Waals surface area contributed by atoms with Crippen LogP contribution >= 0.6 is 27.5 Å². The zero-order valence-corrected chi connectivity index (χ0v) is 12.3. The van der Waals surface area contributed by atoms with Crippen LogP contribution in [0.1, 0.15) is 31.2 Å². The highest BCUT2D eigenvalue weighted by molar-refractivity contribution is 9.10. The van der Waals surface area contributed by atoms with E-state index in [0.717, 1.165) is 18.5 Å². The van der Waals surface area contributed by atoms with E-state index < -0.39 is 0 Å². The second-order valence-electron chi connectivity index (χ2n) is 4.89. The van der Waals surface area contributed by atoms with Gasteiger partial charge in [0.2, 0.25) is 0 Å². The van der Waals surface area contributed by atoms with Crippen molar-refractivity contribution < 1.29 is 0 Å². The van der Waals surface area contributed by atoms with Crippen LogP contribution in [0.25, 0.3) is 0 Å². The van der Waals surface area contributed by atoms with E-state index >= 15 is 0 Å². The zero-order chi connectivity index (χ0) is 11.9. The van der Waals surface area contributed by atoms with Crippen molar-refractivity contribution in [1.29, 1.82) is 0 Å². The molecule has 1 aromatic heterocycles. The van der Waals surface area contributed by atoms with Gasteiger partial charge in [-0.2, -0.15) is 5.10 Å². The molecule has 2 rings (SSSR count). The number of aryl methyl sites for hydroxylation is 2. The monoisotopic (exact) mass is 304 g/mol. The average molecular weight is 306 g/mol. The number of alkyl halides is 1. The molecule has 1 aliphatic rings. The third-order valence-corrected chi connectivity index (χ3v) is 5.49. The van der Waals surface area contributed by atoms with Crippen molar-refractivity contribution in [3.8, 4) is 0 Å². The Morgan fingerprint density at radius 3 is 2.62 bits per heavy atom. The van der Waals surface area contributed by atoms with Gasteiger partial charge in [0.15, 0.2) is 0 Å². The molecular formula is C12H18BrClN2. The summed E-state index contributed by atoms with van der Waals surface area (Å²) in [6.45, 7) is 4.31. The highest BCUT2D eigenvalue weighted by Gasteiger charge is 2.32. The Bertz CT molecular complexity index is 389. The molecule has 1 saturated carbocycles. The number of aromatic nitrogens is 2. The number of halogens is 2. The summed E-state index contributed by atoms with van der Waals surface area (Å²) in [4.78, 5) is 0. The number of nitrogens with zero attached hydrogens (tertiary/aromatic N) is 2. The minimum Gasteiger partial charge on any atom is -0.271 e. The number of rotatable bonds is 2. The van der Waals surface area contributed by atoms with E-state index in [1.54, 1.807) is 0 Å². The third kappa shape index (κ3) is 2.17. The molecule has 16 heavy (non-hydrogen) atoms. The van der Waals surface area contributed by atoms with E-state index in [1.165, 1.54) is 16.6 Å². The van der Waals surface area contributed by atoms with E-state index in [4.69, 9.17) is 11.6 Å². The maximum Gasteiger partial charge on any atom is 0.0738 e. The number of hydrogen-bond donors (Lipinski definition) is 0. The zero-order valence-electron chi connectivity index (χ0n) is 10.0. The van der Waals surface area contributed by atoms with Crippen LogP contribution in [0.15, 0.2) is 4.47 Å². The van der Waals surface area contributed by atoms with Crippen molar-refractivity contribution in [2.45, 2.75) is 38.5 Å². The molecule has 90 valence electrons. The molecule has 0 aliphatic heterocycles. The maximum absolute atomic E-state index is 6.27. The summed E-state index contributed by atoms with van der Waals surface area (Å²) in [5.74, 6) is 1.32. The van der Waals surface area contributed by atoms with Gasteiger partial charge in [0.1, 0.15) is 0 Å². The maximum atomic E-state index is 6.27. The minimum atomic E-state index is 0.359. The van der Waals surface area contributed by atoms with Crippen LogP contribution in [0.4, 0.5) is 0 Å². The fourth-order valence-corrected chi connectivity index (χ4v) is 3.46. The van der Waals surface area contributed by atoms with Crippen LogP contribution in [0.3, 0.4) is 0 Å². The van der Waals surface area contributed by atoms with Gasteiger partial charge in [0.05, 0.1) is 15.9 Å². The van der Waals surface area contributed by atoms with Crippen molar-refractivity contribution in [2.24, 2.45) is 18.9 Å². The second-order valence-corrected chi connectivity index (χ2v) is 6.24. The van der Waals surface area contributed by atoms with Gasteiger partial charge in [0, 0.05) is 12.4 Å². The highest BCUT2D eigenvalue weighted by atomic mass is 79.9. The lowest BCUT2D eigenvalue weighted by molar-refractivity contribution is 0.409. The molecule has 3 atom stereocenters. The van der Waals surface area contributed by atoms with Crippen LogP contribution in [0.2, 0.25) is 0 Å². The topological polar surface area (TPSA) is 17.8 Å². The van der Waals surface area contributed by atoms with Gasteiger partial charge in [0.25, 0.3) is 0 Å². The van der Waals surface area contributed by atoms with E-state index in [0.29, 0.717) is 17.2 Å². The molecule has 0 bridgehead atoms. The molecule has 0 spiro atoms. The van der Waals surface area contributed by atoms with Gasteiger partial charge in [-0.15, -0.1) is 11.6 Å². The van der Waals surface area contributed by atoms with Gasteiger partial charge < -0.3 is 0 Å². The summed E-state index contributed by atoms with van der Waals surface area (Å²) in [6.07, 6.45) is 3.48. The number of hydrogen-bond acceptors (Lipinski definition) is 1. The van der Waals surface area contributed by atoms with Gasteiger partial charge >= 0.3 is 0 Å². The first-order chi connectivity index (χ1) is 7.50. The van der Waals surface area contributed by atoms with E-state index in [9.17, 15) is 0 Å². The Morgan fingerprint density at radius 2 is 2.19 bits per heavy atom. The summed E-state index contributed by atoms with van der Waals surface area (Å²) < 4.78 is 3.16. The predicted octanol–water partition coefficient (Wildman–Crippen LogP) is 3.69. The molecule has 1 fully saturated rings. The highest BCUT2D eigenvalue weighted by Crippen LogP contribution is 2.38. The first-order valence-electron chi connectivity index (χ1n) is 5.82. The summed E-state index contributed by atoms with van der Waals surface area (Å²) in [7, 11) is 2.02. The van der Waals surface area contributed by atoms with Gasteiger partial charge in [-0.3, -0.25) is 4.68 Å². The largest absolute Gasteiger partial charge is 0.271 e. The van der Waals surface area contributed by atoms with Gasteiger partial charge in [-0.1, -0.05) is 6.92 Å². The van der Waals surface area contributed by atoms with Crippen LogP contribution in [0, 0.1) is 18.8 Å². The molecule has 1 aromatic rings. The molecule has 1 heterocycles. The Morgan fingerprint density at radius 1 is 1.50 bits per heavy atom. The first-order valence-corrected chi connectivity index (χ1v) is 7.05. The SMILES string of the molecule is Cc1nn(C)c(CC2CCC(Cl)C2C)c1Br. The van der Waals surface area contributed by atoms with Crippen molar-refractivity contribution in [3.05, 3.63) is 15.9 Å². The molecule has 1 aliphatic carbocycles. The fraction of sp³-hybridized carbons (Fsp3) is 0.750. The third-order valence-electron chi connectivity index (χ3n) is 3.84. The second kappa shape index (κ2) is 4.69. The lowest BCUT2D eigenvalue weighted by Gasteiger charge is -2.17. The summed E-state index contributed by atoms with van der Waals surface area (Å²) >= 11 is 9.90. The van der Waals surface area contributed by atoms with Crippen molar-refractivity contribution in [1.82, 2.24) is 9.78 Å². The summed E-state index contributed by atoms with van der Waals surface area (Å²) in [5, 5.41) is 4.79. The van der Waals surface area contributed by atoms with Crippen molar-refractivity contribution >= 4 is 27.5 Å². The lowest BCUT2D eigenvalue weighted by Crippen LogP contribution is -2.15. The van der Waals surface area contributed by atoms with Crippen LogP contribution in [-0.4, -0.2) is 15.2 Å². The van der Waals surface area contributed by atoms with Crippen molar-refractivity contribution in [3.63, 3.8) is 0 Å². The Labute approximate surface area is 110 Å². The molecule has 0 amide bonds. The molecular weight excluding hydrogens is 288 g/mol. The molecule has 0 aromatic carbocycles. The Balaban J connectivity index is 2.15. The van der Waals surface area contributed by atoms with Gasteiger partial charge in [-0.25, -0.2) is 0 Å². The normalized spacial score (nSPS) is 29.9. The molecule has 0 saturated heterocycles. The lowest BCUT2D eigenvalue weighted by atomic mass is 9.93. The molecule has 4 heteroatoms. The summed E-state index contributed by atoms with van der Waals surface area (Å²) in [5.41, 5.74) is 2.38. The van der Waals surface area contributed by atoms with Crippen LogP contribution < -0.4 is 0 Å². The average Bonchev–Trinajstić information content (AvgIpc) is 2.66. The van der Waals surface area contributed by atoms with E-state index in [2.05, 4.69) is 28.0 Å². The van der Waals surface area contributed by atoms with Crippen LogP contribution in [0.5, 0.6) is 0 Å². The smallest absolute Gasteiger partial charge is 0.0738 e. The molecule has 3 unspecified atom stereocenters. The van der Waals surface area contributed by atoms with Crippen molar-refractivity contribution in [2.75, 3.05) is 0 Å². The standard InChI is InChI=1S/C12H18BrClN2/c1-7-9(4-5-10(7)14)6-11-12(13)8(2)15-16(11)3/h7,9-10H,4-6H2,1-3H3.